The molecular formula is C55H9FO2. The Labute approximate surface area is 341 Å². The summed E-state index contributed by atoms with van der Waals surface area (Å²) < 4.78 is 18.1. The van der Waals surface area contributed by atoms with E-state index in [4.69, 9.17) is 6.42 Å². The number of carbonyl (C=O) groups is 1. The van der Waals surface area contributed by atoms with Crippen molar-refractivity contribution in [3.63, 3.8) is 0 Å². The molecule has 0 N–H and O–H groups in total. The minimum absolute atomic E-state index is 0.0310. The molecule has 2 nitrogen and oxygen atoms in total. The maximum Gasteiger partial charge on any atom is 0.357 e. The number of halogens is 1. The third-order valence-corrected chi connectivity index (χ3v) is 4.23. The van der Waals surface area contributed by atoms with Crippen LogP contribution in [0.2, 0.25) is 0 Å². The maximum atomic E-state index is 13.6. The molecule has 1 atom stereocenters. The zero-order valence-corrected chi connectivity index (χ0v) is 30.0. The normalized spacial score (nSPS) is 5.90. The van der Waals surface area contributed by atoms with Crippen LogP contribution in [-0.2, 0) is 9.53 Å². The number of terminal acetylenes is 1. The van der Waals surface area contributed by atoms with E-state index in [1.807, 2.05) is 6.11 Å². The number of hydrogen-bond donors (Lipinski definition) is 0. The first-order valence-corrected chi connectivity index (χ1v) is 14.9. The Morgan fingerprint density at radius 3 is 0.672 bits per heavy atom. The monoisotopic (exact) mass is 720 g/mol. The molecule has 0 aromatic carbocycles. The second kappa shape index (κ2) is 38.2. The highest BCUT2D eigenvalue weighted by Crippen LogP contribution is 2.16. The molecule has 1 unspecified atom stereocenters. The first-order chi connectivity index (χ1) is 28.5. The van der Waals surface area contributed by atoms with Crippen LogP contribution in [0.4, 0.5) is 4.39 Å². The van der Waals surface area contributed by atoms with Crippen molar-refractivity contribution in [1.82, 2.24) is 0 Å². The van der Waals surface area contributed by atoms with Crippen LogP contribution in [0.25, 0.3) is 0 Å². The van der Waals surface area contributed by atoms with Crippen LogP contribution in [0.15, 0.2) is 0 Å². The van der Waals surface area contributed by atoms with E-state index >= 15 is 0 Å². The number of alkyl halides is 1. The lowest BCUT2D eigenvalue weighted by Crippen LogP contribution is -2.30. The van der Waals surface area contributed by atoms with Crippen molar-refractivity contribution >= 4 is 5.97 Å². The van der Waals surface area contributed by atoms with Gasteiger partial charge in [0, 0.05) is 237 Å². The van der Waals surface area contributed by atoms with Crippen LogP contribution in [0.5, 0.6) is 0 Å². The van der Waals surface area contributed by atoms with Gasteiger partial charge in [-0.25, -0.2) is 9.18 Å². The fraction of sp³-hybridized carbons (Fsp3) is 0.0727. The molecule has 0 aromatic heterocycles. The topological polar surface area (TPSA) is 26.3 Å². The van der Waals surface area contributed by atoms with Crippen molar-refractivity contribution in [2.24, 2.45) is 0 Å². The highest BCUT2D eigenvalue weighted by atomic mass is 19.1. The molecule has 0 aliphatic rings. The molecule has 0 bridgehead atoms. The molecule has 0 spiro atoms. The highest BCUT2D eigenvalue weighted by Gasteiger charge is 2.32. The van der Waals surface area contributed by atoms with Gasteiger partial charge < -0.3 is 4.74 Å². The largest absolute Gasteiger partial charge is 0.369 e. The van der Waals surface area contributed by atoms with E-state index in [0.717, 1.165) is 6.92 Å². The summed E-state index contributed by atoms with van der Waals surface area (Å²) in [7, 11) is 0. The van der Waals surface area contributed by atoms with E-state index in [9.17, 15) is 9.18 Å². The number of hydrogen-bond acceptors (Lipinski definition) is 2. The summed E-state index contributed by atoms with van der Waals surface area (Å²) in [6.45, 7) is 2.62. The van der Waals surface area contributed by atoms with Gasteiger partial charge in [0.2, 0.25) is 5.67 Å². The average Bonchev–Trinajstić information content (AvgIpc) is 3.23. The van der Waals surface area contributed by atoms with E-state index < -0.39 is 11.6 Å². The van der Waals surface area contributed by atoms with E-state index in [-0.39, 0.29) is 6.42 Å². The minimum atomic E-state index is -2.10. The summed E-state index contributed by atoms with van der Waals surface area (Å²) >= 11 is 0. The van der Waals surface area contributed by atoms with Crippen LogP contribution in [0, 0.1) is 297 Å². The molecule has 0 aliphatic carbocycles. The van der Waals surface area contributed by atoms with Crippen molar-refractivity contribution < 1.29 is 13.9 Å². The first-order valence-electron chi connectivity index (χ1n) is 14.9. The average molecular weight is 721 g/mol. The molecule has 3 heteroatoms. The smallest absolute Gasteiger partial charge is 0.357 e. The quantitative estimate of drug-likeness (QED) is 0.319. The number of ether oxygens (including phenoxy) is 1. The first kappa shape index (κ1) is 46.4. The Kier molecular flexibility index (Phi) is 30.6. The van der Waals surface area contributed by atoms with Crippen LogP contribution in [0.3, 0.4) is 0 Å². The van der Waals surface area contributed by atoms with Crippen LogP contribution in [-0.4, -0.2) is 11.6 Å². The summed E-state index contributed by atoms with van der Waals surface area (Å²) in [6, 6.07) is 0. The van der Waals surface area contributed by atoms with Gasteiger partial charge in [-0.3, -0.25) is 0 Å². The zero-order valence-electron chi connectivity index (χ0n) is 30.0. The molecule has 0 fully saturated rings. The van der Waals surface area contributed by atoms with Gasteiger partial charge >= 0.3 is 5.97 Å². The SMILES string of the molecule is C#CC#CC#CC#CC#CC#CC#CC#CC#CC#CC#CC#CC#CC#CC#CC#CC#CC#CC#CC#CC#CC#CC#CC#CC#COC(=O)C(C)(F)CC. The molecule has 58 heavy (non-hydrogen) atoms. The highest BCUT2D eigenvalue weighted by molar-refractivity contribution is 5.79. The van der Waals surface area contributed by atoms with E-state index in [1.165, 1.54) is 6.92 Å². The third kappa shape index (κ3) is 35.7. The summed E-state index contributed by atoms with van der Waals surface area (Å²) in [4.78, 5) is 11.3. The lowest BCUT2D eigenvalue weighted by atomic mass is 10.1. The Hall–Kier alpha value is -11.6. The summed E-state index contributed by atoms with van der Waals surface area (Å²) in [5.74, 6) is 117. The Morgan fingerprint density at radius 2 is 0.517 bits per heavy atom. The van der Waals surface area contributed by atoms with Gasteiger partial charge in [-0.15, -0.1) is 6.42 Å². The van der Waals surface area contributed by atoms with Gasteiger partial charge in [-0.2, -0.15) is 0 Å². The molecule has 0 heterocycles. The van der Waals surface area contributed by atoms with Gasteiger partial charge in [0.25, 0.3) is 0 Å². The van der Waals surface area contributed by atoms with Gasteiger partial charge in [0.1, 0.15) is 6.11 Å². The lowest BCUT2D eigenvalue weighted by molar-refractivity contribution is -0.149. The maximum absolute atomic E-state index is 13.6. The van der Waals surface area contributed by atoms with Crippen molar-refractivity contribution in [1.29, 1.82) is 0 Å². The second-order valence-electron chi connectivity index (χ2n) is 8.06. The van der Waals surface area contributed by atoms with Gasteiger partial charge in [0.05, 0.1) is 0 Å². The van der Waals surface area contributed by atoms with Crippen LogP contribution in [0.1, 0.15) is 20.3 Å². The molecule has 0 aromatic rings. The number of rotatable bonds is 2. The van der Waals surface area contributed by atoms with E-state index in [2.05, 4.69) is 289 Å². The second-order valence-corrected chi connectivity index (χ2v) is 8.06. The summed E-state index contributed by atoms with van der Waals surface area (Å²) in [6.07, 6.45) is 6.90. The molecule has 0 rings (SSSR count). The fourth-order valence-electron chi connectivity index (χ4n) is 1.79. The molecule has 0 saturated heterocycles. The van der Waals surface area contributed by atoms with Crippen molar-refractivity contribution in [3.05, 3.63) is 0 Å². The molecule has 0 amide bonds. The fourth-order valence-corrected chi connectivity index (χ4v) is 1.79. The number of esters is 1. The Balaban J connectivity index is 4.58. The standard InChI is InChI=1S/C55H9FO2/c1-4-6-7-8-9-10-11-12-13-14-15-16-17-18-19-20-21-22-23-24-25-26-27-28-29-30-31-32-33-34-35-36-37-38-39-40-41-42-43-44-45-46-47-48-49-50-51-52-53-58-54(57)55(3,56)5-2/h1H,5H2,2-3H3. The molecule has 248 valence electrons. The molecule has 0 radical (unpaired) electrons. The lowest BCUT2D eigenvalue weighted by Gasteiger charge is -2.12. The molecular weight excluding hydrogens is 712 g/mol. The Bertz CT molecular complexity index is 3380. The summed E-state index contributed by atoms with van der Waals surface area (Å²) in [5.41, 5.74) is -2.10. The minimum Gasteiger partial charge on any atom is -0.369 e. The molecule has 0 aliphatic heterocycles. The molecule has 0 saturated carbocycles. The van der Waals surface area contributed by atoms with Crippen LogP contribution < -0.4 is 0 Å². The summed E-state index contributed by atoms with van der Waals surface area (Å²) in [5, 5.41) is 0. The van der Waals surface area contributed by atoms with Crippen molar-refractivity contribution in [2.45, 2.75) is 25.9 Å². The van der Waals surface area contributed by atoms with E-state index in [0.29, 0.717) is 0 Å². The van der Waals surface area contributed by atoms with Gasteiger partial charge in [-0.05, 0) is 60.7 Å². The number of carbonyl (C=O) groups excluding carboxylic acids is 1. The predicted molar refractivity (Wildman–Crippen MR) is 221 cm³/mol. The zero-order chi connectivity index (χ0) is 42.1. The van der Waals surface area contributed by atoms with Crippen molar-refractivity contribution in [2.75, 3.05) is 0 Å². The van der Waals surface area contributed by atoms with E-state index in [1.54, 1.807) is 0 Å². The Morgan fingerprint density at radius 1 is 0.362 bits per heavy atom. The predicted octanol–water partition coefficient (Wildman–Crippen LogP) is 1.34. The van der Waals surface area contributed by atoms with Crippen molar-refractivity contribution in [3.8, 4) is 297 Å². The third-order valence-electron chi connectivity index (χ3n) is 4.23. The van der Waals surface area contributed by atoms with Gasteiger partial charge in [-0.1, -0.05) is 6.92 Å². The van der Waals surface area contributed by atoms with Gasteiger partial charge in [0.15, 0.2) is 0 Å². The van der Waals surface area contributed by atoms with Crippen LogP contribution >= 0.6 is 0 Å².